The van der Waals surface area contributed by atoms with E-state index >= 15 is 0 Å². The fourth-order valence-electron chi connectivity index (χ4n) is 3.61. The lowest BCUT2D eigenvalue weighted by atomic mass is 9.98. The maximum Gasteiger partial charge on any atom is 0.222 e. The van der Waals surface area contributed by atoms with E-state index in [4.69, 9.17) is 9.47 Å². The number of rotatable bonds is 7. The molecule has 2 heterocycles. The van der Waals surface area contributed by atoms with Gasteiger partial charge in [-0.1, -0.05) is 0 Å². The molecule has 1 atom stereocenters. The van der Waals surface area contributed by atoms with Crippen LogP contribution in [-0.4, -0.2) is 68.3 Å². The lowest BCUT2D eigenvalue weighted by molar-refractivity contribution is -0.133. The Balaban J connectivity index is 1.36. The van der Waals surface area contributed by atoms with Gasteiger partial charge in [0.25, 0.3) is 0 Å². The first-order valence-electron chi connectivity index (χ1n) is 9.67. The van der Waals surface area contributed by atoms with Gasteiger partial charge in [-0.05, 0) is 50.1 Å². The topological polar surface area (TPSA) is 42.0 Å². The van der Waals surface area contributed by atoms with Gasteiger partial charge in [0.15, 0.2) is 0 Å². The number of halogens is 1. The molecule has 6 heteroatoms. The second-order valence-electron chi connectivity index (χ2n) is 7.17. The average Bonchev–Trinajstić information content (AvgIpc) is 2.68. The number of amides is 1. The van der Waals surface area contributed by atoms with E-state index in [1.807, 2.05) is 4.90 Å². The summed E-state index contributed by atoms with van der Waals surface area (Å²) >= 11 is 0. The van der Waals surface area contributed by atoms with Crippen molar-refractivity contribution in [2.45, 2.75) is 25.7 Å². The summed E-state index contributed by atoms with van der Waals surface area (Å²) in [7, 11) is 0. The minimum Gasteiger partial charge on any atom is -0.493 e. The van der Waals surface area contributed by atoms with Crippen LogP contribution < -0.4 is 4.74 Å². The molecule has 1 aromatic rings. The van der Waals surface area contributed by atoms with Gasteiger partial charge < -0.3 is 14.4 Å². The second-order valence-corrected chi connectivity index (χ2v) is 7.17. The number of piperidine rings is 1. The largest absolute Gasteiger partial charge is 0.493 e. The Morgan fingerprint density at radius 2 is 1.96 bits per heavy atom. The van der Waals surface area contributed by atoms with Gasteiger partial charge in [-0.25, -0.2) is 4.39 Å². The van der Waals surface area contributed by atoms with Gasteiger partial charge in [0.2, 0.25) is 5.91 Å². The molecule has 0 spiro atoms. The van der Waals surface area contributed by atoms with Crippen LogP contribution in [0.15, 0.2) is 24.3 Å². The normalized spacial score (nSPS) is 21.6. The quantitative estimate of drug-likeness (QED) is 0.746. The first kappa shape index (κ1) is 19.1. The van der Waals surface area contributed by atoms with Crippen LogP contribution >= 0.6 is 0 Å². The molecule has 2 aliphatic rings. The smallest absolute Gasteiger partial charge is 0.222 e. The number of carbonyl (C=O) groups is 1. The molecule has 2 saturated heterocycles. The molecule has 0 N–H and O–H groups in total. The van der Waals surface area contributed by atoms with Crippen LogP contribution in [0.1, 0.15) is 25.7 Å². The summed E-state index contributed by atoms with van der Waals surface area (Å²) < 4.78 is 24.0. The van der Waals surface area contributed by atoms with Gasteiger partial charge in [0.05, 0.1) is 19.8 Å². The van der Waals surface area contributed by atoms with E-state index < -0.39 is 0 Å². The molecule has 0 aromatic heterocycles. The zero-order chi connectivity index (χ0) is 18.2. The SMILES string of the molecule is O=C(CCCN1CCOCC1)N1CCC[C@H](COc2ccc(F)cc2)C1. The number of morpholine rings is 1. The summed E-state index contributed by atoms with van der Waals surface area (Å²) in [5.41, 5.74) is 0. The molecule has 2 fully saturated rings. The van der Waals surface area contributed by atoms with Crippen molar-refractivity contribution in [3.63, 3.8) is 0 Å². The molecule has 144 valence electrons. The minimum absolute atomic E-state index is 0.254. The highest BCUT2D eigenvalue weighted by Gasteiger charge is 2.24. The van der Waals surface area contributed by atoms with E-state index in [2.05, 4.69) is 4.90 Å². The van der Waals surface area contributed by atoms with Crippen LogP contribution in [-0.2, 0) is 9.53 Å². The zero-order valence-corrected chi connectivity index (χ0v) is 15.4. The Morgan fingerprint density at radius 1 is 1.19 bits per heavy atom. The molecule has 0 saturated carbocycles. The van der Waals surface area contributed by atoms with Crippen molar-refractivity contribution < 1.29 is 18.7 Å². The van der Waals surface area contributed by atoms with E-state index in [-0.39, 0.29) is 11.7 Å². The maximum absolute atomic E-state index is 12.9. The van der Waals surface area contributed by atoms with Crippen molar-refractivity contribution in [3.8, 4) is 5.75 Å². The van der Waals surface area contributed by atoms with Crippen molar-refractivity contribution in [1.82, 2.24) is 9.80 Å². The van der Waals surface area contributed by atoms with Crippen molar-refractivity contribution in [1.29, 1.82) is 0 Å². The average molecular weight is 364 g/mol. The van der Waals surface area contributed by atoms with Crippen molar-refractivity contribution in [3.05, 3.63) is 30.1 Å². The Labute approximate surface area is 155 Å². The number of nitrogens with zero attached hydrogens (tertiary/aromatic N) is 2. The molecule has 0 unspecified atom stereocenters. The molecule has 3 rings (SSSR count). The molecule has 1 amide bonds. The van der Waals surface area contributed by atoms with Gasteiger partial charge in [-0.2, -0.15) is 0 Å². The standard InChI is InChI=1S/C20H29FN2O3/c21-18-5-7-19(8-6-18)26-16-17-3-1-10-23(15-17)20(24)4-2-9-22-11-13-25-14-12-22/h5-8,17H,1-4,9-16H2/t17-/m0/s1. The third-order valence-electron chi connectivity index (χ3n) is 5.14. The van der Waals surface area contributed by atoms with E-state index in [1.54, 1.807) is 12.1 Å². The summed E-state index contributed by atoms with van der Waals surface area (Å²) in [6, 6.07) is 6.10. The Hall–Kier alpha value is -1.66. The molecule has 26 heavy (non-hydrogen) atoms. The minimum atomic E-state index is -0.260. The molecule has 0 aliphatic carbocycles. The van der Waals surface area contributed by atoms with E-state index in [9.17, 15) is 9.18 Å². The molecular formula is C20H29FN2O3. The van der Waals surface area contributed by atoms with Crippen LogP contribution in [0.2, 0.25) is 0 Å². The van der Waals surface area contributed by atoms with Crippen LogP contribution in [0.5, 0.6) is 5.75 Å². The molecule has 5 nitrogen and oxygen atoms in total. The van der Waals surface area contributed by atoms with Gasteiger partial charge in [0.1, 0.15) is 11.6 Å². The summed E-state index contributed by atoms with van der Waals surface area (Å²) in [4.78, 5) is 16.9. The third-order valence-corrected chi connectivity index (χ3v) is 5.14. The van der Waals surface area contributed by atoms with E-state index in [1.165, 1.54) is 12.1 Å². The predicted molar refractivity (Wildman–Crippen MR) is 97.7 cm³/mol. The summed E-state index contributed by atoms with van der Waals surface area (Å²) in [5.74, 6) is 1.02. The first-order valence-corrected chi connectivity index (χ1v) is 9.67. The molecule has 0 radical (unpaired) electrons. The maximum atomic E-state index is 12.9. The van der Waals surface area contributed by atoms with Gasteiger partial charge in [0, 0.05) is 38.5 Å². The Morgan fingerprint density at radius 3 is 2.73 bits per heavy atom. The Bertz CT molecular complexity index is 561. The van der Waals surface area contributed by atoms with E-state index in [0.717, 1.165) is 65.2 Å². The number of ether oxygens (including phenoxy) is 2. The summed E-state index contributed by atoms with van der Waals surface area (Å²) in [6.45, 7) is 6.71. The van der Waals surface area contributed by atoms with Crippen molar-refractivity contribution in [2.75, 3.05) is 52.5 Å². The lowest BCUT2D eigenvalue weighted by Gasteiger charge is -2.33. The first-order chi connectivity index (χ1) is 12.7. The van der Waals surface area contributed by atoms with E-state index in [0.29, 0.717) is 24.7 Å². The highest BCUT2D eigenvalue weighted by atomic mass is 19.1. The van der Waals surface area contributed by atoms with Gasteiger partial charge in [-0.15, -0.1) is 0 Å². The molecule has 0 bridgehead atoms. The molecular weight excluding hydrogens is 335 g/mol. The fraction of sp³-hybridized carbons (Fsp3) is 0.650. The lowest BCUT2D eigenvalue weighted by Crippen LogP contribution is -2.42. The number of benzene rings is 1. The number of likely N-dealkylation sites (tertiary alicyclic amines) is 1. The van der Waals surface area contributed by atoms with Crippen LogP contribution in [0.4, 0.5) is 4.39 Å². The Kier molecular flexibility index (Phi) is 7.26. The number of hydrogen-bond acceptors (Lipinski definition) is 4. The van der Waals surface area contributed by atoms with Crippen LogP contribution in [0, 0.1) is 11.7 Å². The third kappa shape index (κ3) is 5.95. The fourth-order valence-corrected chi connectivity index (χ4v) is 3.61. The summed E-state index contributed by atoms with van der Waals surface area (Å²) in [5, 5.41) is 0. The van der Waals surface area contributed by atoms with Gasteiger partial charge in [-0.3, -0.25) is 9.69 Å². The van der Waals surface area contributed by atoms with Crippen molar-refractivity contribution >= 4 is 5.91 Å². The zero-order valence-electron chi connectivity index (χ0n) is 15.4. The highest BCUT2D eigenvalue weighted by Crippen LogP contribution is 2.20. The number of carbonyl (C=O) groups excluding carboxylic acids is 1. The van der Waals surface area contributed by atoms with Crippen LogP contribution in [0.3, 0.4) is 0 Å². The van der Waals surface area contributed by atoms with Crippen LogP contribution in [0.25, 0.3) is 0 Å². The van der Waals surface area contributed by atoms with Crippen molar-refractivity contribution in [2.24, 2.45) is 5.92 Å². The molecule has 1 aromatic carbocycles. The monoisotopic (exact) mass is 364 g/mol. The second kappa shape index (κ2) is 9.88. The number of hydrogen-bond donors (Lipinski definition) is 0. The molecule has 2 aliphatic heterocycles. The van der Waals surface area contributed by atoms with Gasteiger partial charge >= 0.3 is 0 Å². The highest BCUT2D eigenvalue weighted by molar-refractivity contribution is 5.76. The summed E-state index contributed by atoms with van der Waals surface area (Å²) in [6.07, 6.45) is 3.61. The predicted octanol–water partition coefficient (Wildman–Crippen LogP) is 2.56.